The molecule has 0 saturated heterocycles. The van der Waals surface area contributed by atoms with Crippen molar-refractivity contribution < 1.29 is 9.53 Å². The van der Waals surface area contributed by atoms with Crippen molar-refractivity contribution in [2.75, 3.05) is 6.54 Å². The molecule has 1 unspecified atom stereocenters. The number of rotatable bonds is 5. The van der Waals surface area contributed by atoms with E-state index in [4.69, 9.17) is 4.74 Å². The van der Waals surface area contributed by atoms with Gasteiger partial charge >= 0.3 is 6.09 Å². The minimum absolute atomic E-state index is 0.0847. The molecule has 1 atom stereocenters. The van der Waals surface area contributed by atoms with Gasteiger partial charge in [0.25, 0.3) is 0 Å². The monoisotopic (exact) mass is 387 g/mol. The van der Waals surface area contributed by atoms with Crippen LogP contribution in [0.1, 0.15) is 93.1 Å². The Morgan fingerprint density at radius 3 is 2.18 bits per heavy atom. The Morgan fingerprint density at radius 1 is 1.04 bits per heavy atom. The Hall–Kier alpha value is -1.51. The zero-order chi connectivity index (χ0) is 21.2. The predicted octanol–water partition coefficient (Wildman–Crippen LogP) is 7.10. The number of carbonyl (C=O) groups excluding carboxylic acids is 1. The third-order valence-corrected chi connectivity index (χ3v) is 6.02. The third kappa shape index (κ3) is 6.83. The number of benzene rings is 1. The number of carbonyl (C=O) groups is 1. The van der Waals surface area contributed by atoms with Gasteiger partial charge in [0.2, 0.25) is 0 Å². The van der Waals surface area contributed by atoms with Crippen molar-refractivity contribution in [1.82, 2.24) is 5.32 Å². The van der Waals surface area contributed by atoms with Crippen LogP contribution in [0.2, 0.25) is 0 Å². The second-order valence-electron chi connectivity index (χ2n) is 11.9. The fourth-order valence-electron chi connectivity index (χ4n) is 5.31. The van der Waals surface area contributed by atoms with E-state index in [9.17, 15) is 4.79 Å². The van der Waals surface area contributed by atoms with Crippen LogP contribution in [0.3, 0.4) is 0 Å². The van der Waals surface area contributed by atoms with Crippen molar-refractivity contribution in [3.05, 3.63) is 29.8 Å². The van der Waals surface area contributed by atoms with Gasteiger partial charge in [-0.25, -0.2) is 4.79 Å². The molecule has 3 heteroatoms. The molecule has 1 fully saturated rings. The second kappa shape index (κ2) is 8.08. The number of amides is 1. The molecule has 1 amide bonds. The van der Waals surface area contributed by atoms with Gasteiger partial charge in [-0.2, -0.15) is 0 Å². The number of hydrogen-bond donors (Lipinski definition) is 1. The van der Waals surface area contributed by atoms with Crippen LogP contribution in [0.25, 0.3) is 0 Å². The molecule has 2 rings (SSSR count). The first-order chi connectivity index (χ1) is 12.7. The zero-order valence-corrected chi connectivity index (χ0v) is 19.4. The van der Waals surface area contributed by atoms with E-state index in [-0.39, 0.29) is 22.3 Å². The van der Waals surface area contributed by atoms with E-state index >= 15 is 0 Å². The maximum absolute atomic E-state index is 12.3. The molecule has 0 heterocycles. The molecule has 28 heavy (non-hydrogen) atoms. The normalized spacial score (nSPS) is 22.6. The minimum atomic E-state index is -0.355. The fraction of sp³-hybridized carbons (Fsp3) is 0.720. The van der Waals surface area contributed by atoms with Crippen molar-refractivity contribution in [2.45, 2.75) is 92.9 Å². The van der Waals surface area contributed by atoms with Crippen LogP contribution in [0.15, 0.2) is 24.3 Å². The lowest BCUT2D eigenvalue weighted by molar-refractivity contribution is 0.0969. The smallest absolute Gasteiger partial charge is 0.410 e. The number of nitrogens with one attached hydrogen (secondary N) is 1. The lowest BCUT2D eigenvalue weighted by atomic mass is 9.64. The highest BCUT2D eigenvalue weighted by atomic mass is 16.6. The molecule has 1 aromatic carbocycles. The standard InChI is InChI=1S/C25H41NO2/c1-22(2,3)16-24(6,7)19-10-12-20(13-11-19)28-21(27)26-18-25(8)15-9-14-23(4,5)17-25/h10-13H,9,14-18H2,1-8H3,(H,26,27). The maximum atomic E-state index is 12.3. The van der Waals surface area contributed by atoms with Gasteiger partial charge in [0.05, 0.1) is 0 Å². The van der Waals surface area contributed by atoms with Gasteiger partial charge in [0.15, 0.2) is 0 Å². The van der Waals surface area contributed by atoms with Crippen molar-refractivity contribution in [3.63, 3.8) is 0 Å². The highest BCUT2D eigenvalue weighted by molar-refractivity contribution is 5.70. The van der Waals surface area contributed by atoms with Crippen LogP contribution in [0.4, 0.5) is 4.79 Å². The van der Waals surface area contributed by atoms with Crippen LogP contribution in [0.5, 0.6) is 5.75 Å². The molecule has 158 valence electrons. The Kier molecular flexibility index (Phi) is 6.57. The van der Waals surface area contributed by atoms with Gasteiger partial charge in [0, 0.05) is 6.54 Å². The van der Waals surface area contributed by atoms with E-state index in [0.29, 0.717) is 17.7 Å². The third-order valence-electron chi connectivity index (χ3n) is 6.02. The summed E-state index contributed by atoms with van der Waals surface area (Å²) in [5, 5.41) is 2.99. The van der Waals surface area contributed by atoms with Crippen molar-refractivity contribution >= 4 is 6.09 Å². The first-order valence-corrected chi connectivity index (χ1v) is 10.8. The summed E-state index contributed by atoms with van der Waals surface area (Å²) in [5.41, 5.74) is 2.13. The van der Waals surface area contributed by atoms with Crippen LogP contribution in [-0.2, 0) is 5.41 Å². The Bertz CT molecular complexity index is 667. The summed E-state index contributed by atoms with van der Waals surface area (Å²) in [5.74, 6) is 0.599. The average Bonchev–Trinajstić information content (AvgIpc) is 2.50. The molecule has 1 aliphatic carbocycles. The maximum Gasteiger partial charge on any atom is 0.412 e. The Labute approximate surface area is 172 Å². The summed E-state index contributed by atoms with van der Waals surface area (Å²) in [4.78, 5) is 12.3. The highest BCUT2D eigenvalue weighted by Crippen LogP contribution is 2.45. The SMILES string of the molecule is CC(C)(C)CC(C)(C)c1ccc(OC(=O)NCC2(C)CCCC(C)(C)C2)cc1. The zero-order valence-electron chi connectivity index (χ0n) is 19.4. The van der Waals surface area contributed by atoms with Gasteiger partial charge in [-0.3, -0.25) is 0 Å². The molecule has 1 aliphatic rings. The van der Waals surface area contributed by atoms with E-state index < -0.39 is 0 Å². The molecule has 0 aliphatic heterocycles. The summed E-state index contributed by atoms with van der Waals surface area (Å²) in [6.07, 6.45) is 5.53. The van der Waals surface area contributed by atoms with Gasteiger partial charge in [-0.1, -0.05) is 73.9 Å². The molecule has 1 aromatic rings. The van der Waals surface area contributed by atoms with Gasteiger partial charge in [-0.15, -0.1) is 0 Å². The molecule has 1 saturated carbocycles. The van der Waals surface area contributed by atoms with E-state index in [0.717, 1.165) is 19.3 Å². The molecule has 0 bridgehead atoms. The van der Waals surface area contributed by atoms with Crippen LogP contribution in [0, 0.1) is 16.2 Å². The summed E-state index contributed by atoms with van der Waals surface area (Å²) in [6.45, 7) is 18.9. The van der Waals surface area contributed by atoms with Crippen molar-refractivity contribution in [1.29, 1.82) is 0 Å². The van der Waals surface area contributed by atoms with Crippen molar-refractivity contribution in [2.24, 2.45) is 16.2 Å². The summed E-state index contributed by atoms with van der Waals surface area (Å²) in [6, 6.07) is 7.98. The first-order valence-electron chi connectivity index (χ1n) is 10.8. The molecule has 1 N–H and O–H groups in total. The highest BCUT2D eigenvalue weighted by Gasteiger charge is 2.36. The van der Waals surface area contributed by atoms with Gasteiger partial charge in [0.1, 0.15) is 5.75 Å². The largest absolute Gasteiger partial charge is 0.412 e. The first kappa shape index (κ1) is 22.8. The van der Waals surface area contributed by atoms with Gasteiger partial charge < -0.3 is 10.1 Å². The molecular formula is C25H41NO2. The van der Waals surface area contributed by atoms with Crippen LogP contribution in [-0.4, -0.2) is 12.6 Å². The Morgan fingerprint density at radius 2 is 1.64 bits per heavy atom. The summed E-state index contributed by atoms with van der Waals surface area (Å²) in [7, 11) is 0. The van der Waals surface area contributed by atoms with Crippen LogP contribution < -0.4 is 10.1 Å². The molecule has 3 nitrogen and oxygen atoms in total. The van der Waals surface area contributed by atoms with Crippen molar-refractivity contribution in [3.8, 4) is 5.75 Å². The fourth-order valence-corrected chi connectivity index (χ4v) is 5.31. The second-order valence-corrected chi connectivity index (χ2v) is 11.9. The lowest BCUT2D eigenvalue weighted by Crippen LogP contribution is -2.41. The lowest BCUT2D eigenvalue weighted by Gasteiger charge is -2.42. The molecule has 0 aromatic heterocycles. The Balaban J connectivity index is 1.91. The number of ether oxygens (including phenoxy) is 1. The van der Waals surface area contributed by atoms with E-state index in [1.807, 2.05) is 12.1 Å². The van der Waals surface area contributed by atoms with Crippen LogP contribution >= 0.6 is 0 Å². The molecular weight excluding hydrogens is 346 g/mol. The van der Waals surface area contributed by atoms with E-state index in [1.165, 1.54) is 18.4 Å². The average molecular weight is 388 g/mol. The number of hydrogen-bond acceptors (Lipinski definition) is 2. The van der Waals surface area contributed by atoms with E-state index in [2.05, 4.69) is 72.8 Å². The summed E-state index contributed by atoms with van der Waals surface area (Å²) >= 11 is 0. The quantitative estimate of drug-likeness (QED) is 0.585. The van der Waals surface area contributed by atoms with Gasteiger partial charge in [-0.05, 0) is 65.0 Å². The molecule has 0 spiro atoms. The molecule has 0 radical (unpaired) electrons. The minimum Gasteiger partial charge on any atom is -0.410 e. The topological polar surface area (TPSA) is 38.3 Å². The summed E-state index contributed by atoms with van der Waals surface area (Å²) < 4.78 is 5.52. The predicted molar refractivity (Wildman–Crippen MR) is 118 cm³/mol. The van der Waals surface area contributed by atoms with E-state index in [1.54, 1.807) is 0 Å².